The van der Waals surface area contributed by atoms with Gasteiger partial charge in [0.2, 0.25) is 0 Å². The topological polar surface area (TPSA) is 69.6 Å². The van der Waals surface area contributed by atoms with Crippen molar-refractivity contribution in [1.82, 2.24) is 19.8 Å². The highest BCUT2D eigenvalue weighted by atomic mass is 35.5. The van der Waals surface area contributed by atoms with Crippen LogP contribution in [-0.2, 0) is 0 Å². The minimum absolute atomic E-state index is 0.0112. The summed E-state index contributed by atoms with van der Waals surface area (Å²) < 4.78 is 0. The molecule has 0 spiro atoms. The zero-order valence-corrected chi connectivity index (χ0v) is 11.8. The van der Waals surface area contributed by atoms with Crippen LogP contribution < -0.4 is 0 Å². The average Bonchev–Trinajstić information content (AvgIpc) is 2.51. The number of aromatic nitrogens is 2. The minimum atomic E-state index is -1.13. The first kappa shape index (κ1) is 14.2. The fourth-order valence-corrected chi connectivity index (χ4v) is 2.41. The van der Waals surface area contributed by atoms with Crippen LogP contribution in [0.1, 0.15) is 28.8 Å². The number of carbonyl (C=O) groups is 1. The molecule has 1 N–H and O–H groups in total. The molecule has 104 valence electrons. The van der Waals surface area contributed by atoms with E-state index in [0.717, 1.165) is 26.1 Å². The van der Waals surface area contributed by atoms with Crippen molar-refractivity contribution >= 4 is 17.6 Å². The maximum absolute atomic E-state index is 11.1. The fraction of sp³-hybridized carbons (Fsp3) is 0.583. The Kier molecular flexibility index (Phi) is 4.34. The zero-order valence-electron chi connectivity index (χ0n) is 11.0. The predicted octanol–water partition coefficient (Wildman–Crippen LogP) is 1.14. The molecular formula is C12H17ClN4O2. The number of aromatic carboxylic acids is 1. The highest BCUT2D eigenvalue weighted by molar-refractivity contribution is 6.33. The first-order chi connectivity index (χ1) is 8.99. The van der Waals surface area contributed by atoms with Gasteiger partial charge < -0.3 is 10.0 Å². The molecule has 0 bridgehead atoms. The number of hydrogen-bond acceptors (Lipinski definition) is 5. The van der Waals surface area contributed by atoms with Gasteiger partial charge in [-0.25, -0.2) is 14.8 Å². The highest BCUT2D eigenvalue weighted by Crippen LogP contribution is 2.22. The summed E-state index contributed by atoms with van der Waals surface area (Å²) in [7, 11) is 4.04. The van der Waals surface area contributed by atoms with Gasteiger partial charge in [0, 0.05) is 6.54 Å². The molecule has 1 aliphatic rings. The van der Waals surface area contributed by atoms with Gasteiger partial charge in [0.15, 0.2) is 5.69 Å². The number of halogens is 1. The molecule has 0 aliphatic carbocycles. The summed E-state index contributed by atoms with van der Waals surface area (Å²) in [4.78, 5) is 23.7. The average molecular weight is 285 g/mol. The van der Waals surface area contributed by atoms with Gasteiger partial charge in [0.05, 0.1) is 17.3 Å². The molecule has 0 amide bonds. The molecule has 0 radical (unpaired) electrons. The van der Waals surface area contributed by atoms with E-state index in [-0.39, 0.29) is 16.8 Å². The molecule has 6 nitrogen and oxygen atoms in total. The van der Waals surface area contributed by atoms with Crippen LogP contribution in [0.4, 0.5) is 0 Å². The SMILES string of the molecule is CN1CCCN(C)C(c2ncc(Cl)c(C(=O)O)n2)C1. The Hall–Kier alpha value is -1.24. The number of carboxylic acid groups (broad SMARTS) is 1. The third-order valence-corrected chi connectivity index (χ3v) is 3.61. The largest absolute Gasteiger partial charge is 0.476 e. The lowest BCUT2D eigenvalue weighted by Crippen LogP contribution is -2.32. The molecule has 0 saturated carbocycles. The quantitative estimate of drug-likeness (QED) is 0.878. The second kappa shape index (κ2) is 5.81. The Labute approximate surface area is 117 Å². The van der Waals surface area contributed by atoms with Crippen LogP contribution in [0.2, 0.25) is 5.02 Å². The number of rotatable bonds is 2. The van der Waals surface area contributed by atoms with Crippen LogP contribution in [-0.4, -0.2) is 64.6 Å². The van der Waals surface area contributed by atoms with Gasteiger partial charge in [-0.2, -0.15) is 0 Å². The van der Waals surface area contributed by atoms with Crippen LogP contribution in [0.15, 0.2) is 6.20 Å². The van der Waals surface area contributed by atoms with Gasteiger partial charge in [0.1, 0.15) is 5.82 Å². The van der Waals surface area contributed by atoms with E-state index in [1.54, 1.807) is 0 Å². The van der Waals surface area contributed by atoms with E-state index >= 15 is 0 Å². The normalized spacial score (nSPS) is 22.2. The monoisotopic (exact) mass is 284 g/mol. The molecule has 2 rings (SSSR count). The maximum atomic E-state index is 11.1. The number of hydrogen-bond donors (Lipinski definition) is 1. The summed E-state index contributed by atoms with van der Waals surface area (Å²) in [5.41, 5.74) is -0.132. The Morgan fingerprint density at radius 2 is 2.21 bits per heavy atom. The van der Waals surface area contributed by atoms with Crippen molar-refractivity contribution in [3.05, 3.63) is 22.7 Å². The van der Waals surface area contributed by atoms with Gasteiger partial charge in [-0.3, -0.25) is 4.90 Å². The molecule has 0 aromatic carbocycles. The summed E-state index contributed by atoms with van der Waals surface area (Å²) in [5.74, 6) is -0.615. The van der Waals surface area contributed by atoms with Crippen LogP contribution >= 0.6 is 11.6 Å². The van der Waals surface area contributed by atoms with Gasteiger partial charge >= 0.3 is 5.97 Å². The molecule has 1 aromatic heterocycles. The summed E-state index contributed by atoms with van der Waals surface area (Å²) in [6.45, 7) is 2.72. The lowest BCUT2D eigenvalue weighted by molar-refractivity contribution is 0.0689. The maximum Gasteiger partial charge on any atom is 0.356 e. The highest BCUT2D eigenvalue weighted by Gasteiger charge is 2.26. The minimum Gasteiger partial charge on any atom is -0.476 e. The Bertz CT molecular complexity index is 483. The number of carboxylic acids is 1. The smallest absolute Gasteiger partial charge is 0.356 e. The van der Waals surface area contributed by atoms with Crippen molar-refractivity contribution in [3.63, 3.8) is 0 Å². The molecule has 1 fully saturated rings. The van der Waals surface area contributed by atoms with E-state index in [1.165, 1.54) is 6.20 Å². The van der Waals surface area contributed by atoms with Crippen molar-refractivity contribution in [2.45, 2.75) is 12.5 Å². The van der Waals surface area contributed by atoms with Gasteiger partial charge in [-0.1, -0.05) is 11.6 Å². The van der Waals surface area contributed by atoms with E-state index in [4.69, 9.17) is 16.7 Å². The molecule has 2 heterocycles. The van der Waals surface area contributed by atoms with Gasteiger partial charge in [0.25, 0.3) is 0 Å². The lowest BCUT2D eigenvalue weighted by atomic mass is 10.2. The predicted molar refractivity (Wildman–Crippen MR) is 71.5 cm³/mol. The fourth-order valence-electron chi connectivity index (χ4n) is 2.24. The Morgan fingerprint density at radius 1 is 1.47 bits per heavy atom. The van der Waals surface area contributed by atoms with Crippen LogP contribution in [0.25, 0.3) is 0 Å². The van der Waals surface area contributed by atoms with E-state index < -0.39 is 5.97 Å². The first-order valence-electron chi connectivity index (χ1n) is 6.13. The summed E-state index contributed by atoms with van der Waals surface area (Å²) in [5, 5.41) is 9.13. The summed E-state index contributed by atoms with van der Waals surface area (Å²) in [6, 6.07) is -0.0112. The van der Waals surface area contributed by atoms with Gasteiger partial charge in [-0.15, -0.1) is 0 Å². The molecule has 1 aliphatic heterocycles. The van der Waals surface area contributed by atoms with E-state index in [2.05, 4.69) is 19.8 Å². The number of likely N-dealkylation sites (N-methyl/N-ethyl adjacent to an activating group) is 2. The van der Waals surface area contributed by atoms with Crippen LogP contribution in [0, 0.1) is 0 Å². The van der Waals surface area contributed by atoms with Crippen molar-refractivity contribution < 1.29 is 9.90 Å². The third-order valence-electron chi connectivity index (χ3n) is 3.33. The van der Waals surface area contributed by atoms with Crippen molar-refractivity contribution in [1.29, 1.82) is 0 Å². The van der Waals surface area contributed by atoms with Crippen molar-refractivity contribution in [2.75, 3.05) is 33.7 Å². The number of nitrogens with zero attached hydrogens (tertiary/aromatic N) is 4. The second-order valence-electron chi connectivity index (χ2n) is 4.84. The third kappa shape index (κ3) is 3.20. The van der Waals surface area contributed by atoms with Crippen LogP contribution in [0.3, 0.4) is 0 Å². The molecule has 19 heavy (non-hydrogen) atoms. The van der Waals surface area contributed by atoms with E-state index in [9.17, 15) is 4.79 Å². The lowest BCUT2D eigenvalue weighted by Gasteiger charge is -2.26. The Morgan fingerprint density at radius 3 is 2.89 bits per heavy atom. The summed E-state index contributed by atoms with van der Waals surface area (Å²) >= 11 is 5.80. The second-order valence-corrected chi connectivity index (χ2v) is 5.25. The van der Waals surface area contributed by atoms with Gasteiger partial charge in [-0.05, 0) is 33.6 Å². The zero-order chi connectivity index (χ0) is 14.0. The standard InChI is InChI=1S/C12H17ClN4O2/c1-16-4-3-5-17(2)9(7-16)11-14-6-8(13)10(15-11)12(18)19/h6,9H,3-5,7H2,1-2H3,(H,18,19). The first-order valence-corrected chi connectivity index (χ1v) is 6.51. The van der Waals surface area contributed by atoms with Crippen molar-refractivity contribution in [2.24, 2.45) is 0 Å². The molecule has 1 unspecified atom stereocenters. The van der Waals surface area contributed by atoms with E-state index in [1.807, 2.05) is 14.1 Å². The summed E-state index contributed by atoms with van der Waals surface area (Å²) in [6.07, 6.45) is 2.44. The molecule has 1 atom stereocenters. The molecular weight excluding hydrogens is 268 g/mol. The van der Waals surface area contributed by atoms with E-state index in [0.29, 0.717) is 5.82 Å². The molecule has 7 heteroatoms. The van der Waals surface area contributed by atoms with Crippen LogP contribution in [0.5, 0.6) is 0 Å². The Balaban J connectivity index is 2.33. The van der Waals surface area contributed by atoms with Crippen molar-refractivity contribution in [3.8, 4) is 0 Å². The molecule has 1 aromatic rings. The molecule has 1 saturated heterocycles.